The number of imidazole rings is 2. The van der Waals surface area contributed by atoms with Gasteiger partial charge in [-0.3, -0.25) is 4.79 Å². The van der Waals surface area contributed by atoms with Crippen molar-refractivity contribution in [3.05, 3.63) is 54.5 Å². The van der Waals surface area contributed by atoms with Gasteiger partial charge in [-0.05, 0) is 12.1 Å². The molecule has 3 aromatic heterocycles. The van der Waals surface area contributed by atoms with E-state index in [1.165, 1.54) is 0 Å². The Labute approximate surface area is 115 Å². The van der Waals surface area contributed by atoms with Crippen LogP contribution in [0.15, 0.2) is 43.0 Å². The molecule has 2 N–H and O–H groups in total. The van der Waals surface area contributed by atoms with Crippen LogP contribution >= 0.6 is 0 Å². The lowest BCUT2D eigenvalue weighted by Gasteiger charge is -2.02. The molecule has 0 spiro atoms. The van der Waals surface area contributed by atoms with Gasteiger partial charge in [0.05, 0.1) is 12.1 Å². The maximum Gasteiger partial charge on any atom is 0.226 e. The molecule has 0 aliphatic carbocycles. The van der Waals surface area contributed by atoms with Crippen molar-refractivity contribution in [1.82, 2.24) is 24.7 Å². The van der Waals surface area contributed by atoms with Crippen molar-refractivity contribution in [1.29, 1.82) is 0 Å². The first-order valence-corrected chi connectivity index (χ1v) is 6.49. The van der Waals surface area contributed by atoms with Gasteiger partial charge < -0.3 is 14.7 Å². The molecule has 0 saturated carbocycles. The number of fused-ring (bicyclic) bond motifs is 1. The summed E-state index contributed by atoms with van der Waals surface area (Å²) >= 11 is 0. The summed E-state index contributed by atoms with van der Waals surface area (Å²) in [5.74, 6) is 0.845. The predicted octanol–water partition coefficient (Wildman–Crippen LogP) is 0.959. The van der Waals surface area contributed by atoms with Crippen LogP contribution in [-0.2, 0) is 17.6 Å². The molecule has 0 aliphatic rings. The third-order valence-corrected chi connectivity index (χ3v) is 2.99. The Hall–Kier alpha value is -2.63. The highest BCUT2D eigenvalue weighted by Crippen LogP contribution is 2.04. The Morgan fingerprint density at radius 1 is 1.40 bits per heavy atom. The third kappa shape index (κ3) is 2.85. The quantitative estimate of drug-likeness (QED) is 0.724. The smallest absolute Gasteiger partial charge is 0.226 e. The zero-order valence-corrected chi connectivity index (χ0v) is 10.9. The molecular formula is C14H15N5O. The van der Waals surface area contributed by atoms with Crippen molar-refractivity contribution < 1.29 is 4.79 Å². The van der Waals surface area contributed by atoms with E-state index in [0.29, 0.717) is 19.4 Å². The summed E-state index contributed by atoms with van der Waals surface area (Å²) in [6.45, 7) is 0.569. The molecule has 0 aromatic carbocycles. The Balaban J connectivity index is 1.53. The van der Waals surface area contributed by atoms with Crippen LogP contribution in [0, 0.1) is 0 Å². The van der Waals surface area contributed by atoms with Gasteiger partial charge in [-0.15, -0.1) is 0 Å². The van der Waals surface area contributed by atoms with E-state index >= 15 is 0 Å². The predicted molar refractivity (Wildman–Crippen MR) is 74.2 cm³/mol. The standard InChI is InChI=1S/C14H15N5O/c20-14(17-5-4-12-15-6-7-16-12)9-11-10-19-8-2-1-3-13(19)18-11/h1-3,6-8,10H,4-5,9H2,(H,15,16)(H,17,20). The Bertz CT molecular complexity index is 668. The highest BCUT2D eigenvalue weighted by molar-refractivity contribution is 5.78. The highest BCUT2D eigenvalue weighted by atomic mass is 16.1. The van der Waals surface area contributed by atoms with Crippen molar-refractivity contribution in [3.8, 4) is 0 Å². The summed E-state index contributed by atoms with van der Waals surface area (Å²) in [4.78, 5) is 23.3. The molecule has 6 heteroatoms. The van der Waals surface area contributed by atoms with Gasteiger partial charge in [0, 0.05) is 37.8 Å². The number of hydrogen-bond acceptors (Lipinski definition) is 3. The maximum absolute atomic E-state index is 11.8. The number of hydrogen-bond donors (Lipinski definition) is 2. The minimum absolute atomic E-state index is 0.0278. The van der Waals surface area contributed by atoms with Crippen molar-refractivity contribution in [2.45, 2.75) is 12.8 Å². The van der Waals surface area contributed by atoms with E-state index in [-0.39, 0.29) is 5.91 Å². The van der Waals surface area contributed by atoms with Gasteiger partial charge in [-0.2, -0.15) is 0 Å². The summed E-state index contributed by atoms with van der Waals surface area (Å²) in [5.41, 5.74) is 1.62. The number of nitrogens with one attached hydrogen (secondary N) is 2. The molecule has 3 aromatic rings. The van der Waals surface area contributed by atoms with Crippen LogP contribution < -0.4 is 5.32 Å². The van der Waals surface area contributed by atoms with Gasteiger partial charge in [0.1, 0.15) is 11.5 Å². The molecule has 0 bridgehead atoms. The third-order valence-electron chi connectivity index (χ3n) is 2.99. The number of nitrogens with zero attached hydrogens (tertiary/aromatic N) is 3. The normalized spacial score (nSPS) is 10.8. The van der Waals surface area contributed by atoms with Gasteiger partial charge in [0.25, 0.3) is 0 Å². The fourth-order valence-electron chi connectivity index (χ4n) is 2.05. The number of rotatable bonds is 5. The number of H-pyrrole nitrogens is 1. The van der Waals surface area contributed by atoms with Gasteiger partial charge in [0.2, 0.25) is 5.91 Å². The van der Waals surface area contributed by atoms with Crippen molar-refractivity contribution in [3.63, 3.8) is 0 Å². The lowest BCUT2D eigenvalue weighted by atomic mass is 10.3. The van der Waals surface area contributed by atoms with Crippen molar-refractivity contribution in [2.24, 2.45) is 0 Å². The number of aromatic amines is 1. The lowest BCUT2D eigenvalue weighted by Crippen LogP contribution is -2.27. The first-order valence-electron chi connectivity index (χ1n) is 6.49. The fraction of sp³-hybridized carbons (Fsp3) is 0.214. The molecule has 3 heterocycles. The van der Waals surface area contributed by atoms with Gasteiger partial charge >= 0.3 is 0 Å². The SMILES string of the molecule is O=C(Cc1cn2ccccc2n1)NCCc1ncc[nH]1. The van der Waals surface area contributed by atoms with Crippen LogP contribution in [0.2, 0.25) is 0 Å². The Morgan fingerprint density at radius 3 is 3.15 bits per heavy atom. The fourth-order valence-corrected chi connectivity index (χ4v) is 2.05. The van der Waals surface area contributed by atoms with E-state index in [9.17, 15) is 4.79 Å². The van der Waals surface area contributed by atoms with Crippen LogP contribution in [0.5, 0.6) is 0 Å². The average Bonchev–Trinajstić information content (AvgIpc) is 3.06. The summed E-state index contributed by atoms with van der Waals surface area (Å²) in [7, 11) is 0. The zero-order valence-electron chi connectivity index (χ0n) is 10.9. The second kappa shape index (κ2) is 5.56. The monoisotopic (exact) mass is 269 g/mol. The minimum Gasteiger partial charge on any atom is -0.355 e. The Morgan fingerprint density at radius 2 is 2.35 bits per heavy atom. The highest BCUT2D eigenvalue weighted by Gasteiger charge is 2.07. The Kier molecular flexibility index (Phi) is 3.45. The molecule has 0 saturated heterocycles. The summed E-state index contributed by atoms with van der Waals surface area (Å²) in [6.07, 6.45) is 8.26. The number of pyridine rings is 1. The molecular weight excluding hydrogens is 254 g/mol. The lowest BCUT2D eigenvalue weighted by molar-refractivity contribution is -0.120. The summed E-state index contributed by atoms with van der Waals surface area (Å²) in [6, 6.07) is 5.77. The number of amides is 1. The van der Waals surface area contributed by atoms with E-state index in [2.05, 4.69) is 20.3 Å². The van der Waals surface area contributed by atoms with E-state index in [4.69, 9.17) is 0 Å². The first-order chi connectivity index (χ1) is 9.81. The average molecular weight is 269 g/mol. The van der Waals surface area contributed by atoms with Crippen molar-refractivity contribution >= 4 is 11.6 Å². The molecule has 0 aliphatic heterocycles. The molecule has 0 radical (unpaired) electrons. The first kappa shape index (κ1) is 12.4. The zero-order chi connectivity index (χ0) is 13.8. The molecule has 0 atom stereocenters. The van der Waals surface area contributed by atoms with Gasteiger partial charge in [0.15, 0.2) is 0 Å². The van der Waals surface area contributed by atoms with E-state index in [1.807, 2.05) is 35.0 Å². The molecule has 102 valence electrons. The summed E-state index contributed by atoms with van der Waals surface area (Å²) < 4.78 is 1.91. The van der Waals surface area contributed by atoms with E-state index < -0.39 is 0 Å². The largest absolute Gasteiger partial charge is 0.355 e. The molecule has 20 heavy (non-hydrogen) atoms. The topological polar surface area (TPSA) is 75.1 Å². The minimum atomic E-state index is -0.0278. The molecule has 0 unspecified atom stereocenters. The molecule has 1 amide bonds. The van der Waals surface area contributed by atoms with Crippen LogP contribution in [0.25, 0.3) is 5.65 Å². The second-order valence-corrected chi connectivity index (χ2v) is 4.51. The van der Waals surface area contributed by atoms with Crippen LogP contribution in [-0.4, -0.2) is 31.8 Å². The van der Waals surface area contributed by atoms with E-state index in [0.717, 1.165) is 17.2 Å². The van der Waals surface area contributed by atoms with Gasteiger partial charge in [-0.1, -0.05) is 6.07 Å². The number of aromatic nitrogens is 4. The second-order valence-electron chi connectivity index (χ2n) is 4.51. The number of carbonyl (C=O) groups excluding carboxylic acids is 1. The molecule has 3 rings (SSSR count). The molecule has 6 nitrogen and oxygen atoms in total. The maximum atomic E-state index is 11.8. The van der Waals surface area contributed by atoms with Crippen LogP contribution in [0.4, 0.5) is 0 Å². The van der Waals surface area contributed by atoms with Crippen LogP contribution in [0.1, 0.15) is 11.5 Å². The number of carbonyl (C=O) groups is 1. The summed E-state index contributed by atoms with van der Waals surface area (Å²) in [5, 5.41) is 2.87. The van der Waals surface area contributed by atoms with E-state index in [1.54, 1.807) is 12.4 Å². The van der Waals surface area contributed by atoms with Gasteiger partial charge in [-0.25, -0.2) is 9.97 Å². The molecule has 0 fully saturated rings. The van der Waals surface area contributed by atoms with Crippen molar-refractivity contribution in [2.75, 3.05) is 6.54 Å². The van der Waals surface area contributed by atoms with Crippen LogP contribution in [0.3, 0.4) is 0 Å².